The van der Waals surface area contributed by atoms with Crippen LogP contribution in [0.15, 0.2) is 28.7 Å². The van der Waals surface area contributed by atoms with Crippen LogP contribution >= 0.6 is 15.9 Å². The van der Waals surface area contributed by atoms with Gasteiger partial charge in [0.1, 0.15) is 0 Å². The number of hydrogen-bond donors (Lipinski definition) is 0. The molecule has 1 heterocycles. The first-order valence-corrected chi connectivity index (χ1v) is 6.91. The van der Waals surface area contributed by atoms with E-state index >= 15 is 0 Å². The van der Waals surface area contributed by atoms with Gasteiger partial charge in [-0.1, -0.05) is 41.9 Å². The topological polar surface area (TPSA) is 3.24 Å². The van der Waals surface area contributed by atoms with Crippen molar-refractivity contribution in [1.29, 1.82) is 0 Å². The quantitative estimate of drug-likeness (QED) is 0.812. The molecule has 1 aromatic rings. The Morgan fingerprint density at radius 3 is 2.88 bits per heavy atom. The van der Waals surface area contributed by atoms with Crippen LogP contribution in [0.4, 0.5) is 0 Å². The molecule has 1 aliphatic rings. The molecule has 1 aromatic carbocycles. The molecule has 16 heavy (non-hydrogen) atoms. The van der Waals surface area contributed by atoms with Gasteiger partial charge in [-0.3, -0.25) is 4.90 Å². The molecule has 0 aromatic heterocycles. The fraction of sp³-hybridized carbons (Fsp3) is 0.571. The lowest BCUT2D eigenvalue weighted by Crippen LogP contribution is -2.21. The molecule has 0 saturated carbocycles. The van der Waals surface area contributed by atoms with Crippen molar-refractivity contribution < 1.29 is 0 Å². The van der Waals surface area contributed by atoms with Crippen LogP contribution in [0, 0.1) is 11.8 Å². The molecule has 88 valence electrons. The summed E-state index contributed by atoms with van der Waals surface area (Å²) in [6, 6.07) is 8.65. The smallest absolute Gasteiger partial charge is 0.0234 e. The number of rotatable bonds is 3. The van der Waals surface area contributed by atoms with Gasteiger partial charge in [-0.15, -0.1) is 0 Å². The van der Waals surface area contributed by atoms with Crippen LogP contribution in [0.25, 0.3) is 0 Å². The van der Waals surface area contributed by atoms with Gasteiger partial charge in [0.2, 0.25) is 0 Å². The largest absolute Gasteiger partial charge is 0.299 e. The van der Waals surface area contributed by atoms with Crippen molar-refractivity contribution in [1.82, 2.24) is 4.90 Å². The number of halogens is 1. The van der Waals surface area contributed by atoms with Gasteiger partial charge in [0.15, 0.2) is 0 Å². The summed E-state index contributed by atoms with van der Waals surface area (Å²) in [5, 5.41) is 0. The van der Waals surface area contributed by atoms with E-state index in [1.54, 1.807) is 0 Å². The molecular formula is C14H20BrN. The summed E-state index contributed by atoms with van der Waals surface area (Å²) >= 11 is 3.53. The maximum Gasteiger partial charge on any atom is 0.0234 e. The Morgan fingerprint density at radius 1 is 1.44 bits per heavy atom. The fourth-order valence-corrected chi connectivity index (χ4v) is 2.89. The molecule has 1 fully saturated rings. The Kier molecular flexibility index (Phi) is 4.04. The molecule has 0 spiro atoms. The van der Waals surface area contributed by atoms with Gasteiger partial charge >= 0.3 is 0 Å². The highest BCUT2D eigenvalue weighted by molar-refractivity contribution is 9.10. The number of likely N-dealkylation sites (tertiary alicyclic amines) is 1. The third-order valence-corrected chi connectivity index (χ3v) is 4.04. The summed E-state index contributed by atoms with van der Waals surface area (Å²) < 4.78 is 1.18. The van der Waals surface area contributed by atoms with Crippen molar-refractivity contribution in [2.45, 2.75) is 26.8 Å². The Labute approximate surface area is 107 Å². The van der Waals surface area contributed by atoms with Gasteiger partial charge in [0, 0.05) is 17.6 Å². The van der Waals surface area contributed by atoms with E-state index in [0.29, 0.717) is 0 Å². The monoisotopic (exact) mass is 281 g/mol. The van der Waals surface area contributed by atoms with Crippen molar-refractivity contribution >= 4 is 15.9 Å². The Bertz CT molecular complexity index is 348. The van der Waals surface area contributed by atoms with Gasteiger partial charge in [-0.05, 0) is 42.5 Å². The van der Waals surface area contributed by atoms with Crippen LogP contribution in [-0.2, 0) is 6.54 Å². The first-order valence-electron chi connectivity index (χ1n) is 6.12. The SMILES string of the molecule is CC(C)C1CCN(Cc2cccc(Br)c2)C1. The van der Waals surface area contributed by atoms with Gasteiger partial charge in [-0.2, -0.15) is 0 Å². The molecule has 0 aliphatic carbocycles. The molecule has 1 nitrogen and oxygen atoms in total. The average molecular weight is 282 g/mol. The molecule has 1 aliphatic heterocycles. The van der Waals surface area contributed by atoms with Crippen molar-refractivity contribution in [2.75, 3.05) is 13.1 Å². The van der Waals surface area contributed by atoms with E-state index in [0.717, 1.165) is 18.4 Å². The second kappa shape index (κ2) is 5.33. The first-order chi connectivity index (χ1) is 7.65. The van der Waals surface area contributed by atoms with Gasteiger partial charge in [0.25, 0.3) is 0 Å². The zero-order valence-electron chi connectivity index (χ0n) is 10.1. The third-order valence-electron chi connectivity index (χ3n) is 3.55. The van der Waals surface area contributed by atoms with Crippen LogP contribution in [0.3, 0.4) is 0 Å². The summed E-state index contributed by atoms with van der Waals surface area (Å²) in [6.07, 6.45) is 1.37. The highest BCUT2D eigenvalue weighted by Crippen LogP contribution is 2.25. The Balaban J connectivity index is 1.92. The van der Waals surface area contributed by atoms with Crippen LogP contribution in [0.5, 0.6) is 0 Å². The highest BCUT2D eigenvalue weighted by Gasteiger charge is 2.24. The van der Waals surface area contributed by atoms with Gasteiger partial charge < -0.3 is 0 Å². The summed E-state index contributed by atoms with van der Waals surface area (Å²) in [7, 11) is 0. The Hall–Kier alpha value is -0.340. The molecule has 1 atom stereocenters. The lowest BCUT2D eigenvalue weighted by molar-refractivity contribution is 0.297. The predicted octanol–water partition coefficient (Wildman–Crippen LogP) is 3.93. The van der Waals surface area contributed by atoms with Gasteiger partial charge in [0.05, 0.1) is 0 Å². The van der Waals surface area contributed by atoms with E-state index in [1.807, 2.05) is 0 Å². The van der Waals surface area contributed by atoms with E-state index in [2.05, 4.69) is 58.9 Å². The Morgan fingerprint density at radius 2 is 2.25 bits per heavy atom. The lowest BCUT2D eigenvalue weighted by atomic mass is 9.95. The summed E-state index contributed by atoms with van der Waals surface area (Å²) in [4.78, 5) is 2.58. The first kappa shape index (κ1) is 12.1. The maximum atomic E-state index is 3.53. The average Bonchev–Trinajstić information content (AvgIpc) is 2.66. The van der Waals surface area contributed by atoms with E-state index in [-0.39, 0.29) is 0 Å². The molecule has 1 unspecified atom stereocenters. The van der Waals surface area contributed by atoms with Crippen molar-refractivity contribution in [3.8, 4) is 0 Å². The van der Waals surface area contributed by atoms with Crippen LogP contribution < -0.4 is 0 Å². The zero-order valence-corrected chi connectivity index (χ0v) is 11.7. The van der Waals surface area contributed by atoms with Crippen molar-refractivity contribution in [3.05, 3.63) is 34.3 Å². The van der Waals surface area contributed by atoms with Crippen LogP contribution in [0.1, 0.15) is 25.8 Å². The highest BCUT2D eigenvalue weighted by atomic mass is 79.9. The third kappa shape index (κ3) is 3.08. The van der Waals surface area contributed by atoms with E-state index in [9.17, 15) is 0 Å². The van der Waals surface area contributed by atoms with Gasteiger partial charge in [-0.25, -0.2) is 0 Å². The number of benzene rings is 1. The standard InChI is InChI=1S/C14H20BrN/c1-11(2)13-6-7-16(10-13)9-12-4-3-5-14(15)8-12/h3-5,8,11,13H,6-7,9-10H2,1-2H3. The summed E-state index contributed by atoms with van der Waals surface area (Å²) in [5.74, 6) is 1.72. The minimum Gasteiger partial charge on any atom is -0.299 e. The minimum atomic E-state index is 0.826. The number of hydrogen-bond acceptors (Lipinski definition) is 1. The molecule has 0 N–H and O–H groups in total. The fourth-order valence-electron chi connectivity index (χ4n) is 2.44. The summed E-state index contributed by atoms with van der Waals surface area (Å²) in [6.45, 7) is 8.31. The maximum absolute atomic E-state index is 3.53. The van der Waals surface area contributed by atoms with Crippen molar-refractivity contribution in [3.63, 3.8) is 0 Å². The second-order valence-corrected chi connectivity index (χ2v) is 6.07. The van der Waals surface area contributed by atoms with E-state index < -0.39 is 0 Å². The van der Waals surface area contributed by atoms with Crippen LogP contribution in [0.2, 0.25) is 0 Å². The van der Waals surface area contributed by atoms with E-state index in [4.69, 9.17) is 0 Å². The van der Waals surface area contributed by atoms with Crippen LogP contribution in [-0.4, -0.2) is 18.0 Å². The summed E-state index contributed by atoms with van der Waals surface area (Å²) in [5.41, 5.74) is 1.42. The number of nitrogens with zero attached hydrogens (tertiary/aromatic N) is 1. The second-order valence-electron chi connectivity index (χ2n) is 5.16. The predicted molar refractivity (Wildman–Crippen MR) is 72.4 cm³/mol. The minimum absolute atomic E-state index is 0.826. The lowest BCUT2D eigenvalue weighted by Gasteiger charge is -2.17. The molecular weight excluding hydrogens is 262 g/mol. The zero-order chi connectivity index (χ0) is 11.5. The molecule has 0 amide bonds. The molecule has 1 saturated heterocycles. The molecule has 0 bridgehead atoms. The van der Waals surface area contributed by atoms with Crippen molar-refractivity contribution in [2.24, 2.45) is 11.8 Å². The van der Waals surface area contributed by atoms with E-state index in [1.165, 1.54) is 29.5 Å². The molecule has 2 heteroatoms. The molecule has 0 radical (unpaired) electrons. The molecule has 2 rings (SSSR count). The normalized spacial score (nSPS) is 21.9.